The number of hydrogen-bond donors (Lipinski definition) is 0. The van der Waals surface area contributed by atoms with Crippen LogP contribution < -0.4 is 0 Å². The lowest BCUT2D eigenvalue weighted by molar-refractivity contribution is 1.31. The van der Waals surface area contributed by atoms with Crippen molar-refractivity contribution in [1.29, 1.82) is 0 Å². The second-order valence-corrected chi connectivity index (χ2v) is 4.00. The molecule has 0 aliphatic rings. The van der Waals surface area contributed by atoms with Gasteiger partial charge >= 0.3 is 0 Å². The summed E-state index contributed by atoms with van der Waals surface area (Å²) in [5.74, 6) is 0. The minimum atomic E-state index is 0.835. The Morgan fingerprint density at radius 3 is 2.44 bits per heavy atom. The van der Waals surface area contributed by atoms with E-state index < -0.39 is 0 Å². The van der Waals surface area contributed by atoms with Crippen molar-refractivity contribution >= 4 is 32.6 Å². The van der Waals surface area contributed by atoms with Crippen LogP contribution in [0.5, 0.6) is 0 Å². The van der Waals surface area contributed by atoms with Gasteiger partial charge in [-0.15, -0.1) is 0 Å². The van der Waals surface area contributed by atoms with Gasteiger partial charge in [0.2, 0.25) is 0 Å². The van der Waals surface area contributed by atoms with Crippen molar-refractivity contribution in [3.8, 4) is 0 Å². The second-order valence-electron chi connectivity index (χ2n) is 4.00. The van der Waals surface area contributed by atoms with Gasteiger partial charge in [0.1, 0.15) is 0 Å². The second kappa shape index (κ2) is 2.67. The molecule has 0 aliphatic carbocycles. The van der Waals surface area contributed by atoms with E-state index in [0.717, 1.165) is 5.65 Å². The van der Waals surface area contributed by atoms with E-state index in [9.17, 15) is 0 Å². The molecule has 2 aromatic heterocycles. The first-order valence-corrected chi connectivity index (χ1v) is 5.28. The van der Waals surface area contributed by atoms with Gasteiger partial charge in [-0.25, -0.2) is 9.97 Å². The van der Waals surface area contributed by atoms with E-state index in [1.807, 2.05) is 18.5 Å². The molecule has 0 unspecified atom stereocenters. The number of benzene rings is 2. The van der Waals surface area contributed by atoms with Gasteiger partial charge in [0.15, 0.2) is 5.65 Å². The van der Waals surface area contributed by atoms with Gasteiger partial charge in [-0.05, 0) is 16.8 Å². The summed E-state index contributed by atoms with van der Waals surface area (Å²) in [5.41, 5.74) is 0.835. The highest BCUT2D eigenvalue weighted by molar-refractivity contribution is 6.20. The van der Waals surface area contributed by atoms with Gasteiger partial charge < -0.3 is 0 Å². The van der Waals surface area contributed by atoms with Crippen molar-refractivity contribution in [1.82, 2.24) is 9.97 Å². The zero-order valence-electron chi connectivity index (χ0n) is 8.51. The molecular weight excluding hydrogens is 196 g/mol. The molecule has 2 heteroatoms. The first kappa shape index (κ1) is 7.99. The number of nitrogens with zero attached hydrogens (tertiary/aromatic N) is 2. The molecule has 0 radical (unpaired) electrons. The quantitative estimate of drug-likeness (QED) is 0.410. The van der Waals surface area contributed by atoms with Crippen LogP contribution in [0.15, 0.2) is 48.8 Å². The van der Waals surface area contributed by atoms with Crippen LogP contribution in [0, 0.1) is 0 Å². The largest absolute Gasteiger partial charge is 0.237 e. The van der Waals surface area contributed by atoms with Crippen LogP contribution in [0.3, 0.4) is 0 Å². The van der Waals surface area contributed by atoms with Crippen LogP contribution >= 0.6 is 0 Å². The highest BCUT2D eigenvalue weighted by atomic mass is 14.8. The highest BCUT2D eigenvalue weighted by Gasteiger charge is 2.07. The third-order valence-electron chi connectivity index (χ3n) is 3.11. The fourth-order valence-electron chi connectivity index (χ4n) is 2.39. The highest BCUT2D eigenvalue weighted by Crippen LogP contribution is 2.31. The van der Waals surface area contributed by atoms with Crippen molar-refractivity contribution in [3.05, 3.63) is 48.8 Å². The summed E-state index contributed by atoms with van der Waals surface area (Å²) in [6.07, 6.45) is 3.71. The molecule has 2 aromatic carbocycles. The summed E-state index contributed by atoms with van der Waals surface area (Å²) in [4.78, 5) is 8.72. The number of rotatable bonds is 0. The molecule has 4 aromatic rings. The molecule has 0 N–H and O–H groups in total. The Balaban J connectivity index is 2.51. The van der Waals surface area contributed by atoms with Crippen molar-refractivity contribution in [2.75, 3.05) is 0 Å². The molecule has 0 amide bonds. The van der Waals surface area contributed by atoms with Crippen molar-refractivity contribution in [2.24, 2.45) is 0 Å². The van der Waals surface area contributed by atoms with Crippen LogP contribution in [0.2, 0.25) is 0 Å². The van der Waals surface area contributed by atoms with Gasteiger partial charge in [-0.3, -0.25) is 0 Å². The summed E-state index contributed by atoms with van der Waals surface area (Å²) in [7, 11) is 0. The lowest BCUT2D eigenvalue weighted by atomic mass is 10.00. The molecule has 4 rings (SSSR count). The average molecular weight is 204 g/mol. The van der Waals surface area contributed by atoms with Crippen LogP contribution in [0.1, 0.15) is 0 Å². The normalized spacial score (nSPS) is 11.8. The zero-order chi connectivity index (χ0) is 10.5. The Morgan fingerprint density at radius 2 is 1.50 bits per heavy atom. The average Bonchev–Trinajstić information content (AvgIpc) is 2.36. The van der Waals surface area contributed by atoms with Gasteiger partial charge in [0.25, 0.3) is 0 Å². The van der Waals surface area contributed by atoms with Gasteiger partial charge in [-0.2, -0.15) is 0 Å². The summed E-state index contributed by atoms with van der Waals surface area (Å²) >= 11 is 0. The summed E-state index contributed by atoms with van der Waals surface area (Å²) < 4.78 is 0. The molecule has 0 fully saturated rings. The molecule has 2 nitrogen and oxygen atoms in total. The van der Waals surface area contributed by atoms with Crippen LogP contribution in [-0.4, -0.2) is 9.97 Å². The van der Waals surface area contributed by atoms with Gasteiger partial charge in [-0.1, -0.05) is 30.3 Å². The van der Waals surface area contributed by atoms with Crippen molar-refractivity contribution in [3.63, 3.8) is 0 Å². The molecule has 74 valence electrons. The van der Waals surface area contributed by atoms with Crippen LogP contribution in [-0.2, 0) is 0 Å². The maximum Gasteiger partial charge on any atom is 0.160 e. The first-order chi connectivity index (χ1) is 7.93. The van der Waals surface area contributed by atoms with Crippen molar-refractivity contribution < 1.29 is 0 Å². The van der Waals surface area contributed by atoms with E-state index in [4.69, 9.17) is 0 Å². The third-order valence-corrected chi connectivity index (χ3v) is 3.11. The SMILES string of the molecule is c1cc2ccc3ccnc4ncc(c1)c2c34. The third kappa shape index (κ3) is 0.865. The molecule has 0 aliphatic heterocycles. The van der Waals surface area contributed by atoms with Crippen LogP contribution in [0.25, 0.3) is 32.6 Å². The van der Waals surface area contributed by atoms with E-state index in [1.165, 1.54) is 26.9 Å². The maximum absolute atomic E-state index is 4.40. The predicted octanol–water partition coefficient (Wildman–Crippen LogP) is 3.37. The van der Waals surface area contributed by atoms with Gasteiger partial charge in [0, 0.05) is 28.6 Å². The Morgan fingerprint density at radius 1 is 0.688 bits per heavy atom. The topological polar surface area (TPSA) is 25.8 Å². The smallest absolute Gasteiger partial charge is 0.160 e. The number of aromatic nitrogens is 2. The lowest BCUT2D eigenvalue weighted by Gasteiger charge is -2.08. The minimum absolute atomic E-state index is 0.835. The van der Waals surface area contributed by atoms with E-state index in [1.54, 1.807) is 0 Å². The van der Waals surface area contributed by atoms with E-state index in [-0.39, 0.29) is 0 Å². The Hall–Kier alpha value is -2.22. The molecule has 0 spiro atoms. The Bertz CT molecular complexity index is 675. The molecule has 0 saturated carbocycles. The minimum Gasteiger partial charge on any atom is -0.237 e. The molecular formula is C14H8N2. The fourth-order valence-corrected chi connectivity index (χ4v) is 2.39. The molecule has 2 heterocycles. The molecule has 0 bridgehead atoms. The summed E-state index contributed by atoms with van der Waals surface area (Å²) in [6.45, 7) is 0. The summed E-state index contributed by atoms with van der Waals surface area (Å²) in [5, 5.41) is 6.10. The molecule has 0 atom stereocenters. The van der Waals surface area contributed by atoms with Crippen molar-refractivity contribution in [2.45, 2.75) is 0 Å². The lowest BCUT2D eigenvalue weighted by Crippen LogP contribution is -1.88. The van der Waals surface area contributed by atoms with Crippen LogP contribution in [0.4, 0.5) is 0 Å². The molecule has 16 heavy (non-hydrogen) atoms. The van der Waals surface area contributed by atoms with E-state index in [0.29, 0.717) is 0 Å². The standard InChI is InChI=1S/C14H8N2/c1-2-9-4-5-10-6-7-15-14-13(10)12(9)11(3-1)8-16-14/h1-8H. The van der Waals surface area contributed by atoms with E-state index in [2.05, 4.69) is 40.3 Å². The first-order valence-electron chi connectivity index (χ1n) is 5.28. The zero-order valence-corrected chi connectivity index (χ0v) is 8.51. The Labute approximate surface area is 91.9 Å². The number of pyridine rings is 2. The van der Waals surface area contributed by atoms with E-state index >= 15 is 0 Å². The Kier molecular flexibility index (Phi) is 1.33. The predicted molar refractivity (Wildman–Crippen MR) is 65.7 cm³/mol. The monoisotopic (exact) mass is 204 g/mol. The molecule has 0 saturated heterocycles. The summed E-state index contributed by atoms with van der Waals surface area (Å²) in [6, 6.07) is 12.6. The van der Waals surface area contributed by atoms with Gasteiger partial charge in [0.05, 0.1) is 0 Å². The fraction of sp³-hybridized carbons (Fsp3) is 0. The number of hydrogen-bond acceptors (Lipinski definition) is 2. The maximum atomic E-state index is 4.40.